The normalized spacial score (nSPS) is 10.4. The van der Waals surface area contributed by atoms with Crippen molar-refractivity contribution in [2.75, 3.05) is 11.9 Å². The molecule has 0 bridgehead atoms. The number of para-hydroxylation sites is 1. The molecular weight excluding hydrogens is 244 g/mol. The van der Waals surface area contributed by atoms with Gasteiger partial charge in [0.25, 0.3) is 0 Å². The summed E-state index contributed by atoms with van der Waals surface area (Å²) in [6.45, 7) is 5.10. The van der Waals surface area contributed by atoms with Crippen molar-refractivity contribution in [2.24, 2.45) is 0 Å². The largest absolute Gasteiger partial charge is 0.385 e. The van der Waals surface area contributed by atoms with Gasteiger partial charge in [0.15, 0.2) is 0 Å². The molecule has 0 unspecified atom stereocenters. The molecular formula is C15H17ClN2. The Morgan fingerprint density at radius 2 is 2.06 bits per heavy atom. The average Bonchev–Trinajstić information content (AvgIpc) is 2.40. The number of anilines is 1. The lowest BCUT2D eigenvalue weighted by Crippen LogP contribution is -2.01. The molecule has 0 spiro atoms. The van der Waals surface area contributed by atoms with Crippen molar-refractivity contribution >= 4 is 17.3 Å². The molecule has 0 fully saturated rings. The summed E-state index contributed by atoms with van der Waals surface area (Å²) in [5.41, 5.74) is 4.40. The molecule has 1 heterocycles. The second-order valence-electron chi connectivity index (χ2n) is 4.30. The van der Waals surface area contributed by atoms with Crippen LogP contribution in [0.15, 0.2) is 36.5 Å². The maximum atomic E-state index is 5.96. The van der Waals surface area contributed by atoms with E-state index in [1.807, 2.05) is 25.3 Å². The van der Waals surface area contributed by atoms with Gasteiger partial charge in [-0.25, -0.2) is 4.98 Å². The van der Waals surface area contributed by atoms with Gasteiger partial charge in [0.2, 0.25) is 0 Å². The van der Waals surface area contributed by atoms with Gasteiger partial charge in [-0.3, -0.25) is 0 Å². The van der Waals surface area contributed by atoms with Crippen LogP contribution >= 0.6 is 11.6 Å². The Balaban J connectivity index is 2.39. The number of aromatic nitrogens is 1. The van der Waals surface area contributed by atoms with Gasteiger partial charge in [0.05, 0.1) is 0 Å². The Labute approximate surface area is 113 Å². The maximum Gasteiger partial charge on any atom is 0.131 e. The second kappa shape index (κ2) is 5.87. The van der Waals surface area contributed by atoms with Gasteiger partial charge >= 0.3 is 0 Å². The number of pyridine rings is 1. The first-order chi connectivity index (χ1) is 8.72. The number of nitrogens with one attached hydrogen (secondary N) is 1. The minimum absolute atomic E-state index is 0.567. The van der Waals surface area contributed by atoms with Gasteiger partial charge in [-0.2, -0.15) is 0 Å². The number of rotatable bonds is 4. The Morgan fingerprint density at radius 3 is 2.78 bits per heavy atom. The third-order valence-corrected chi connectivity index (χ3v) is 3.21. The van der Waals surface area contributed by atoms with Gasteiger partial charge in [-0.1, -0.05) is 36.7 Å². The fourth-order valence-corrected chi connectivity index (χ4v) is 1.96. The van der Waals surface area contributed by atoms with Crippen molar-refractivity contribution in [1.29, 1.82) is 0 Å². The smallest absolute Gasteiger partial charge is 0.131 e. The molecule has 94 valence electrons. The number of benzene rings is 1. The molecule has 0 amide bonds. The van der Waals surface area contributed by atoms with Crippen LogP contribution in [0, 0.1) is 6.92 Å². The van der Waals surface area contributed by atoms with Crippen molar-refractivity contribution in [1.82, 2.24) is 4.98 Å². The first kappa shape index (κ1) is 12.9. The summed E-state index contributed by atoms with van der Waals surface area (Å²) in [4.78, 5) is 4.21. The van der Waals surface area contributed by atoms with Crippen molar-refractivity contribution in [3.8, 4) is 11.1 Å². The Hall–Kier alpha value is -1.54. The number of halogens is 1. The summed E-state index contributed by atoms with van der Waals surface area (Å²) in [5, 5.41) is 4.00. The van der Waals surface area contributed by atoms with Crippen LogP contribution in [0.5, 0.6) is 0 Å². The quantitative estimate of drug-likeness (QED) is 0.817. The standard InChI is InChI=1S/C15H17ClN2/c1-3-8-17-14-7-5-4-6-13(14)12-9-11(2)15(16)18-10-12/h4-7,9-10,17H,3,8H2,1-2H3. The van der Waals surface area contributed by atoms with Gasteiger partial charge in [-0.05, 0) is 31.0 Å². The molecule has 2 aromatic rings. The van der Waals surface area contributed by atoms with Crippen LogP contribution in [-0.4, -0.2) is 11.5 Å². The summed E-state index contributed by atoms with van der Waals surface area (Å²) < 4.78 is 0. The van der Waals surface area contributed by atoms with E-state index in [2.05, 4.69) is 35.4 Å². The summed E-state index contributed by atoms with van der Waals surface area (Å²) in [6.07, 6.45) is 2.92. The summed E-state index contributed by atoms with van der Waals surface area (Å²) in [6, 6.07) is 10.3. The Bertz CT molecular complexity index is 538. The van der Waals surface area contributed by atoms with E-state index < -0.39 is 0 Å². The molecule has 1 N–H and O–H groups in total. The predicted molar refractivity (Wildman–Crippen MR) is 78.2 cm³/mol. The minimum Gasteiger partial charge on any atom is -0.385 e. The molecule has 2 rings (SSSR count). The highest BCUT2D eigenvalue weighted by atomic mass is 35.5. The molecule has 1 aromatic carbocycles. The van der Waals surface area contributed by atoms with Gasteiger partial charge in [0, 0.05) is 29.6 Å². The molecule has 3 heteroatoms. The zero-order valence-electron chi connectivity index (χ0n) is 10.7. The Kier molecular flexibility index (Phi) is 4.21. The topological polar surface area (TPSA) is 24.9 Å². The third kappa shape index (κ3) is 2.82. The molecule has 0 aliphatic heterocycles. The Morgan fingerprint density at radius 1 is 1.28 bits per heavy atom. The van der Waals surface area contributed by atoms with Crippen molar-refractivity contribution in [3.63, 3.8) is 0 Å². The molecule has 0 saturated heterocycles. The highest BCUT2D eigenvalue weighted by Crippen LogP contribution is 2.29. The summed E-state index contributed by atoms with van der Waals surface area (Å²) >= 11 is 5.96. The van der Waals surface area contributed by atoms with E-state index in [0.717, 1.165) is 29.8 Å². The van der Waals surface area contributed by atoms with E-state index in [1.165, 1.54) is 5.56 Å². The molecule has 0 aliphatic carbocycles. The molecule has 0 atom stereocenters. The number of aryl methyl sites for hydroxylation is 1. The SMILES string of the molecule is CCCNc1ccccc1-c1cnc(Cl)c(C)c1. The van der Waals surface area contributed by atoms with E-state index in [1.54, 1.807) is 0 Å². The lowest BCUT2D eigenvalue weighted by Gasteiger charge is -2.12. The first-order valence-corrected chi connectivity index (χ1v) is 6.55. The number of nitrogens with zero attached hydrogens (tertiary/aromatic N) is 1. The van der Waals surface area contributed by atoms with Gasteiger partial charge in [-0.15, -0.1) is 0 Å². The first-order valence-electron chi connectivity index (χ1n) is 6.17. The molecule has 1 aromatic heterocycles. The number of hydrogen-bond donors (Lipinski definition) is 1. The average molecular weight is 261 g/mol. The fourth-order valence-electron chi connectivity index (χ4n) is 1.85. The van der Waals surface area contributed by atoms with E-state index in [-0.39, 0.29) is 0 Å². The molecule has 2 nitrogen and oxygen atoms in total. The van der Waals surface area contributed by atoms with Crippen LogP contribution < -0.4 is 5.32 Å². The van der Waals surface area contributed by atoms with E-state index in [9.17, 15) is 0 Å². The highest BCUT2D eigenvalue weighted by Gasteiger charge is 2.06. The van der Waals surface area contributed by atoms with Crippen LogP contribution in [0.2, 0.25) is 5.15 Å². The predicted octanol–water partition coefficient (Wildman–Crippen LogP) is 4.53. The molecule has 0 saturated carbocycles. The van der Waals surface area contributed by atoms with Crippen LogP contribution in [0.25, 0.3) is 11.1 Å². The highest BCUT2D eigenvalue weighted by molar-refractivity contribution is 6.30. The zero-order chi connectivity index (χ0) is 13.0. The molecule has 0 radical (unpaired) electrons. The van der Waals surface area contributed by atoms with Crippen molar-refractivity contribution in [3.05, 3.63) is 47.2 Å². The van der Waals surface area contributed by atoms with Crippen molar-refractivity contribution in [2.45, 2.75) is 20.3 Å². The summed E-state index contributed by atoms with van der Waals surface area (Å²) in [7, 11) is 0. The number of hydrogen-bond acceptors (Lipinski definition) is 2. The van der Waals surface area contributed by atoms with Gasteiger partial charge in [0.1, 0.15) is 5.15 Å². The third-order valence-electron chi connectivity index (χ3n) is 2.82. The molecule has 0 aliphatic rings. The van der Waals surface area contributed by atoms with Crippen molar-refractivity contribution < 1.29 is 0 Å². The fraction of sp³-hybridized carbons (Fsp3) is 0.267. The monoisotopic (exact) mass is 260 g/mol. The van der Waals surface area contributed by atoms with Crippen LogP contribution in [0.3, 0.4) is 0 Å². The van der Waals surface area contributed by atoms with E-state index >= 15 is 0 Å². The molecule has 18 heavy (non-hydrogen) atoms. The summed E-state index contributed by atoms with van der Waals surface area (Å²) in [5.74, 6) is 0. The van der Waals surface area contributed by atoms with E-state index in [0.29, 0.717) is 5.15 Å². The second-order valence-corrected chi connectivity index (χ2v) is 4.66. The van der Waals surface area contributed by atoms with Crippen LogP contribution in [-0.2, 0) is 0 Å². The van der Waals surface area contributed by atoms with Crippen LogP contribution in [0.1, 0.15) is 18.9 Å². The minimum atomic E-state index is 0.567. The lowest BCUT2D eigenvalue weighted by atomic mass is 10.0. The van der Waals surface area contributed by atoms with Gasteiger partial charge < -0.3 is 5.32 Å². The lowest BCUT2D eigenvalue weighted by molar-refractivity contribution is 0.980. The van der Waals surface area contributed by atoms with Crippen LogP contribution in [0.4, 0.5) is 5.69 Å². The maximum absolute atomic E-state index is 5.96. The zero-order valence-corrected chi connectivity index (χ0v) is 11.5. The van der Waals surface area contributed by atoms with E-state index in [4.69, 9.17) is 11.6 Å².